The van der Waals surface area contributed by atoms with Crippen LogP contribution in [-0.2, 0) is 0 Å². The SMILES string of the molecule is CC1CCCOc2ncc(Br)cc2C(=O)Nc2cccc(n2)-c2nncn21. The highest BCUT2D eigenvalue weighted by molar-refractivity contribution is 9.10. The van der Waals surface area contributed by atoms with Crippen molar-refractivity contribution in [2.45, 2.75) is 25.8 Å². The van der Waals surface area contributed by atoms with E-state index in [4.69, 9.17) is 4.74 Å². The topological polar surface area (TPSA) is 94.8 Å². The minimum Gasteiger partial charge on any atom is -0.477 e. The predicted molar refractivity (Wildman–Crippen MR) is 103 cm³/mol. The molecule has 0 aromatic carbocycles. The van der Waals surface area contributed by atoms with E-state index in [9.17, 15) is 4.79 Å². The zero-order valence-electron chi connectivity index (χ0n) is 14.6. The summed E-state index contributed by atoms with van der Waals surface area (Å²) in [5, 5.41) is 11.0. The van der Waals surface area contributed by atoms with Gasteiger partial charge in [-0.2, -0.15) is 0 Å². The summed E-state index contributed by atoms with van der Waals surface area (Å²) < 4.78 is 8.46. The van der Waals surface area contributed by atoms with Crippen LogP contribution in [0.25, 0.3) is 11.5 Å². The van der Waals surface area contributed by atoms with Gasteiger partial charge in [-0.15, -0.1) is 10.2 Å². The van der Waals surface area contributed by atoms with Gasteiger partial charge in [-0.3, -0.25) is 4.79 Å². The molecule has 3 aromatic heterocycles. The predicted octanol–water partition coefficient (Wildman–Crippen LogP) is 3.48. The number of nitrogens with one attached hydrogen (secondary N) is 1. The van der Waals surface area contributed by atoms with Gasteiger partial charge in [0.15, 0.2) is 5.82 Å². The standard InChI is InChI=1S/C18H17BrN6O2/c1-11-4-3-7-27-18-13(8-12(19)9-20-18)17(26)23-15-6-2-5-14(22-15)16-24-21-10-25(11)16/h2,5-6,8-11H,3-4,7H2,1H3,(H,22,23,26). The van der Waals surface area contributed by atoms with Gasteiger partial charge in [0, 0.05) is 16.7 Å². The van der Waals surface area contributed by atoms with Crippen LogP contribution >= 0.6 is 15.9 Å². The maximum absolute atomic E-state index is 12.8. The van der Waals surface area contributed by atoms with E-state index in [1.165, 1.54) is 0 Å². The molecule has 8 nitrogen and oxygen atoms in total. The van der Waals surface area contributed by atoms with Crippen LogP contribution in [0.2, 0.25) is 0 Å². The van der Waals surface area contributed by atoms with Crippen LogP contribution in [-0.4, -0.2) is 37.2 Å². The van der Waals surface area contributed by atoms with Crippen LogP contribution in [0, 0.1) is 0 Å². The monoisotopic (exact) mass is 428 g/mol. The largest absolute Gasteiger partial charge is 0.477 e. The molecular weight excluding hydrogens is 412 g/mol. The number of carbonyl (C=O) groups is 1. The maximum Gasteiger partial charge on any atom is 0.262 e. The fourth-order valence-corrected chi connectivity index (χ4v) is 3.28. The Kier molecular flexibility index (Phi) is 4.85. The van der Waals surface area contributed by atoms with E-state index in [0.717, 1.165) is 12.8 Å². The first kappa shape index (κ1) is 17.6. The third-order valence-electron chi connectivity index (χ3n) is 4.34. The molecule has 1 aliphatic rings. The zero-order valence-corrected chi connectivity index (χ0v) is 16.2. The number of fused-ring (bicyclic) bond motifs is 5. The molecule has 3 aromatic rings. The molecule has 1 atom stereocenters. The summed E-state index contributed by atoms with van der Waals surface area (Å²) in [5.74, 6) is 1.06. The van der Waals surface area contributed by atoms with Crippen molar-refractivity contribution < 1.29 is 9.53 Å². The summed E-state index contributed by atoms with van der Waals surface area (Å²) in [7, 11) is 0. The summed E-state index contributed by atoms with van der Waals surface area (Å²) in [6.07, 6.45) is 4.97. The number of ether oxygens (including phenoxy) is 1. The number of hydrogen-bond acceptors (Lipinski definition) is 6. The van der Waals surface area contributed by atoms with E-state index < -0.39 is 0 Å². The third kappa shape index (κ3) is 3.68. The molecule has 1 amide bonds. The van der Waals surface area contributed by atoms with Crippen molar-refractivity contribution in [1.82, 2.24) is 24.7 Å². The molecule has 1 aliphatic heterocycles. The average molecular weight is 429 g/mol. The minimum absolute atomic E-state index is 0.180. The number of pyridine rings is 2. The van der Waals surface area contributed by atoms with Gasteiger partial charge in [-0.1, -0.05) is 6.07 Å². The van der Waals surface area contributed by atoms with E-state index in [-0.39, 0.29) is 11.9 Å². The summed E-state index contributed by atoms with van der Waals surface area (Å²) in [4.78, 5) is 21.5. The number of anilines is 1. The summed E-state index contributed by atoms with van der Waals surface area (Å²) in [6.45, 7) is 2.56. The quantitative estimate of drug-likeness (QED) is 0.588. The van der Waals surface area contributed by atoms with E-state index in [2.05, 4.69) is 48.3 Å². The Balaban J connectivity index is 1.77. The molecule has 1 N–H and O–H groups in total. The molecule has 4 rings (SSSR count). The van der Waals surface area contributed by atoms with E-state index in [1.807, 2.05) is 16.7 Å². The summed E-state index contributed by atoms with van der Waals surface area (Å²) in [5.41, 5.74) is 1.00. The highest BCUT2D eigenvalue weighted by Crippen LogP contribution is 2.25. The molecule has 27 heavy (non-hydrogen) atoms. The fraction of sp³-hybridized carbons (Fsp3) is 0.278. The van der Waals surface area contributed by atoms with Crippen LogP contribution in [0.1, 0.15) is 36.2 Å². The number of carbonyl (C=O) groups excluding carboxylic acids is 1. The van der Waals surface area contributed by atoms with Crippen molar-refractivity contribution in [3.05, 3.63) is 46.8 Å². The molecule has 138 valence electrons. The lowest BCUT2D eigenvalue weighted by Gasteiger charge is -2.17. The highest BCUT2D eigenvalue weighted by Gasteiger charge is 2.19. The molecule has 0 saturated heterocycles. The van der Waals surface area contributed by atoms with Crippen molar-refractivity contribution in [2.75, 3.05) is 11.9 Å². The highest BCUT2D eigenvalue weighted by atomic mass is 79.9. The Morgan fingerprint density at radius 3 is 3.15 bits per heavy atom. The number of nitrogens with zero attached hydrogens (tertiary/aromatic N) is 5. The van der Waals surface area contributed by atoms with Crippen molar-refractivity contribution in [3.8, 4) is 17.4 Å². The van der Waals surface area contributed by atoms with Gasteiger partial charge in [0.25, 0.3) is 5.91 Å². The maximum atomic E-state index is 12.8. The van der Waals surface area contributed by atoms with Crippen molar-refractivity contribution in [3.63, 3.8) is 0 Å². The number of hydrogen-bond donors (Lipinski definition) is 1. The smallest absolute Gasteiger partial charge is 0.262 e. The molecule has 0 spiro atoms. The first-order valence-corrected chi connectivity index (χ1v) is 9.38. The summed E-state index contributed by atoms with van der Waals surface area (Å²) >= 11 is 3.35. The second kappa shape index (κ2) is 7.43. The van der Waals surface area contributed by atoms with Gasteiger partial charge in [0.1, 0.15) is 23.4 Å². The Labute approximate surface area is 164 Å². The second-order valence-corrected chi connectivity index (χ2v) is 7.19. The lowest BCUT2D eigenvalue weighted by atomic mass is 10.1. The summed E-state index contributed by atoms with van der Waals surface area (Å²) in [6, 6.07) is 7.27. The molecule has 0 fully saturated rings. The number of halogens is 1. The lowest BCUT2D eigenvalue weighted by Crippen LogP contribution is -2.17. The lowest BCUT2D eigenvalue weighted by molar-refractivity contribution is 0.102. The molecule has 0 radical (unpaired) electrons. The molecule has 2 bridgehead atoms. The van der Waals surface area contributed by atoms with Gasteiger partial charge in [-0.25, -0.2) is 9.97 Å². The van der Waals surface area contributed by atoms with Gasteiger partial charge in [-0.05, 0) is 53.9 Å². The number of amides is 1. The first-order valence-electron chi connectivity index (χ1n) is 8.58. The van der Waals surface area contributed by atoms with Crippen LogP contribution in [0.15, 0.2) is 41.3 Å². The second-order valence-electron chi connectivity index (χ2n) is 6.27. The third-order valence-corrected chi connectivity index (χ3v) is 4.77. The van der Waals surface area contributed by atoms with Crippen molar-refractivity contribution in [2.24, 2.45) is 0 Å². The Hall–Kier alpha value is -2.81. The van der Waals surface area contributed by atoms with Gasteiger partial charge >= 0.3 is 0 Å². The molecular formula is C18H17BrN6O2. The van der Waals surface area contributed by atoms with E-state index in [1.54, 1.807) is 24.7 Å². The number of rotatable bonds is 0. The van der Waals surface area contributed by atoms with Crippen LogP contribution in [0.5, 0.6) is 5.88 Å². The van der Waals surface area contributed by atoms with E-state index in [0.29, 0.717) is 39.9 Å². The van der Waals surface area contributed by atoms with Gasteiger partial charge < -0.3 is 14.6 Å². The molecule has 0 aliphatic carbocycles. The molecule has 9 heteroatoms. The Morgan fingerprint density at radius 2 is 2.26 bits per heavy atom. The Morgan fingerprint density at radius 1 is 1.37 bits per heavy atom. The fourth-order valence-electron chi connectivity index (χ4n) is 2.95. The van der Waals surface area contributed by atoms with Crippen molar-refractivity contribution in [1.29, 1.82) is 0 Å². The van der Waals surface area contributed by atoms with Crippen LogP contribution in [0.4, 0.5) is 5.82 Å². The van der Waals surface area contributed by atoms with Gasteiger partial charge in [0.2, 0.25) is 5.88 Å². The number of aromatic nitrogens is 5. The average Bonchev–Trinajstić information content (AvgIpc) is 3.15. The molecule has 1 unspecified atom stereocenters. The van der Waals surface area contributed by atoms with E-state index >= 15 is 0 Å². The minimum atomic E-state index is -0.338. The first-order chi connectivity index (χ1) is 13.1. The normalized spacial score (nSPS) is 17.1. The van der Waals surface area contributed by atoms with Crippen molar-refractivity contribution >= 4 is 27.7 Å². The molecule has 4 heterocycles. The molecule has 0 saturated carbocycles. The van der Waals surface area contributed by atoms with Gasteiger partial charge in [0.05, 0.1) is 6.61 Å². The van der Waals surface area contributed by atoms with Crippen LogP contribution < -0.4 is 10.1 Å². The Bertz CT molecular complexity index is 989. The van der Waals surface area contributed by atoms with Crippen LogP contribution in [0.3, 0.4) is 0 Å². The zero-order chi connectivity index (χ0) is 18.8.